The standard InChI is InChI=1S/C29H24Cl2N4O2S/c1-16-8-6-7-11-22(16)34-27(36)24-17(2)32-28-26(25(24)18-9-4-3-5-10-18)23(15-38-28)35-29(37)33-21-13-19(30)12-20(31)14-21/h3-14,25H,15H2,1-2H3,(H,34,36)(H2,33,35,37). The fraction of sp³-hybridized carbons (Fsp3) is 0.138. The summed E-state index contributed by atoms with van der Waals surface area (Å²) in [5, 5.41) is 10.5. The van der Waals surface area contributed by atoms with E-state index in [1.807, 2.05) is 68.4 Å². The number of nitrogens with one attached hydrogen (secondary N) is 3. The van der Waals surface area contributed by atoms with E-state index in [0.717, 1.165) is 27.4 Å². The van der Waals surface area contributed by atoms with Gasteiger partial charge in [0.1, 0.15) is 5.04 Å². The molecule has 0 aliphatic carbocycles. The number of fused-ring (bicyclic) bond motifs is 1. The number of para-hydroxylation sites is 1. The van der Waals surface area contributed by atoms with Crippen molar-refractivity contribution in [1.82, 2.24) is 5.32 Å². The molecule has 2 aliphatic rings. The summed E-state index contributed by atoms with van der Waals surface area (Å²) in [6, 6.07) is 21.8. The second kappa shape index (κ2) is 11.1. The predicted molar refractivity (Wildman–Crippen MR) is 157 cm³/mol. The SMILES string of the molecule is CC1=C(C(=O)Nc2ccccc2C)C(c2ccccc2)C2=C(NC(=O)Nc3cc(Cl)cc(Cl)c3)CSC2=N1. The molecule has 1 atom stereocenters. The number of halogens is 2. The molecule has 6 nitrogen and oxygen atoms in total. The molecule has 3 aromatic carbocycles. The Morgan fingerprint density at radius 1 is 0.895 bits per heavy atom. The molecular weight excluding hydrogens is 539 g/mol. The molecule has 3 N–H and O–H groups in total. The lowest BCUT2D eigenvalue weighted by atomic mass is 9.81. The molecule has 0 radical (unpaired) electrons. The summed E-state index contributed by atoms with van der Waals surface area (Å²) in [4.78, 5) is 31.5. The molecule has 3 amide bonds. The number of aryl methyl sites for hydroxylation is 1. The monoisotopic (exact) mass is 562 g/mol. The van der Waals surface area contributed by atoms with Gasteiger partial charge in [-0.2, -0.15) is 0 Å². The topological polar surface area (TPSA) is 82.6 Å². The van der Waals surface area contributed by atoms with Crippen molar-refractivity contribution in [2.75, 3.05) is 16.4 Å². The number of urea groups is 1. The number of allylic oxidation sites excluding steroid dienone is 1. The number of benzene rings is 3. The maximum absolute atomic E-state index is 13.7. The third-order valence-electron chi connectivity index (χ3n) is 6.30. The Morgan fingerprint density at radius 2 is 1.58 bits per heavy atom. The average Bonchev–Trinajstić information content (AvgIpc) is 3.26. The van der Waals surface area contributed by atoms with Gasteiger partial charge in [0.2, 0.25) is 0 Å². The van der Waals surface area contributed by atoms with Crippen molar-refractivity contribution in [1.29, 1.82) is 0 Å². The second-order valence-electron chi connectivity index (χ2n) is 8.95. The number of hydrogen-bond donors (Lipinski definition) is 3. The Hall–Kier alpha value is -3.52. The highest BCUT2D eigenvalue weighted by atomic mass is 35.5. The molecule has 9 heteroatoms. The molecule has 5 rings (SSSR count). The number of aliphatic imine (C=N–C) groups is 1. The van der Waals surface area contributed by atoms with Gasteiger partial charge in [-0.15, -0.1) is 0 Å². The molecule has 0 aromatic heterocycles. The number of hydrogen-bond acceptors (Lipinski definition) is 4. The van der Waals surface area contributed by atoms with E-state index >= 15 is 0 Å². The molecule has 1 unspecified atom stereocenters. The number of nitrogens with zero attached hydrogens (tertiary/aromatic N) is 1. The van der Waals surface area contributed by atoms with Gasteiger partial charge in [0.05, 0.1) is 5.57 Å². The molecule has 2 aliphatic heterocycles. The number of amides is 3. The Balaban J connectivity index is 1.51. The second-order valence-corrected chi connectivity index (χ2v) is 10.8. The van der Waals surface area contributed by atoms with E-state index < -0.39 is 11.9 Å². The summed E-state index contributed by atoms with van der Waals surface area (Å²) in [6.45, 7) is 3.81. The molecule has 0 fully saturated rings. The first kappa shape index (κ1) is 26.1. The van der Waals surface area contributed by atoms with Crippen LogP contribution in [0.2, 0.25) is 10.0 Å². The van der Waals surface area contributed by atoms with Crippen LogP contribution < -0.4 is 16.0 Å². The van der Waals surface area contributed by atoms with E-state index in [4.69, 9.17) is 28.2 Å². The number of thioether (sulfide) groups is 1. The Bertz CT molecular complexity index is 1510. The zero-order valence-corrected chi connectivity index (χ0v) is 23.0. The van der Waals surface area contributed by atoms with Crippen LogP contribution in [0.3, 0.4) is 0 Å². The van der Waals surface area contributed by atoms with Gasteiger partial charge in [0.15, 0.2) is 0 Å². The molecular formula is C29H24Cl2N4O2S. The summed E-state index contributed by atoms with van der Waals surface area (Å²) in [6.07, 6.45) is 0. The third kappa shape index (κ3) is 5.50. The minimum Gasteiger partial charge on any atom is -0.322 e. The third-order valence-corrected chi connectivity index (χ3v) is 7.75. The van der Waals surface area contributed by atoms with E-state index in [2.05, 4.69) is 16.0 Å². The minimum atomic E-state index is -0.434. The molecule has 0 saturated heterocycles. The summed E-state index contributed by atoms with van der Waals surface area (Å²) in [5.41, 5.74) is 5.83. The van der Waals surface area contributed by atoms with E-state index in [9.17, 15) is 9.59 Å². The molecule has 0 bridgehead atoms. The van der Waals surface area contributed by atoms with Crippen LogP contribution in [0.15, 0.2) is 100 Å². The van der Waals surface area contributed by atoms with Crippen molar-refractivity contribution in [3.8, 4) is 0 Å². The predicted octanol–water partition coefficient (Wildman–Crippen LogP) is 7.53. The van der Waals surface area contributed by atoms with Crippen LogP contribution in [0.5, 0.6) is 0 Å². The highest BCUT2D eigenvalue weighted by Gasteiger charge is 2.39. The maximum Gasteiger partial charge on any atom is 0.323 e. The van der Waals surface area contributed by atoms with Gasteiger partial charge in [0.25, 0.3) is 5.91 Å². The Kier molecular flexibility index (Phi) is 7.61. The zero-order valence-electron chi connectivity index (χ0n) is 20.6. The number of carbonyl (C=O) groups is 2. The lowest BCUT2D eigenvalue weighted by Gasteiger charge is -2.28. The van der Waals surface area contributed by atoms with Crippen molar-refractivity contribution in [3.63, 3.8) is 0 Å². The summed E-state index contributed by atoms with van der Waals surface area (Å²) in [5.74, 6) is -0.116. The van der Waals surface area contributed by atoms with Crippen molar-refractivity contribution >= 4 is 63.3 Å². The molecule has 192 valence electrons. The van der Waals surface area contributed by atoms with Crippen molar-refractivity contribution in [2.24, 2.45) is 4.99 Å². The van der Waals surface area contributed by atoms with Gasteiger partial charge >= 0.3 is 6.03 Å². The zero-order chi connectivity index (χ0) is 26.8. The summed E-state index contributed by atoms with van der Waals surface area (Å²) >= 11 is 13.7. The average molecular weight is 564 g/mol. The summed E-state index contributed by atoms with van der Waals surface area (Å²) in [7, 11) is 0. The number of anilines is 2. The highest BCUT2D eigenvalue weighted by Crippen LogP contribution is 2.46. The van der Waals surface area contributed by atoms with Crippen LogP contribution in [0.25, 0.3) is 0 Å². The van der Waals surface area contributed by atoms with E-state index in [1.54, 1.807) is 18.2 Å². The van der Waals surface area contributed by atoms with Crippen LogP contribution in [-0.4, -0.2) is 22.7 Å². The smallest absolute Gasteiger partial charge is 0.322 e. The lowest BCUT2D eigenvalue weighted by Crippen LogP contribution is -2.32. The molecule has 2 heterocycles. The van der Waals surface area contributed by atoms with Gasteiger partial charge in [-0.25, -0.2) is 9.79 Å². The van der Waals surface area contributed by atoms with Gasteiger partial charge in [-0.1, -0.05) is 83.5 Å². The molecule has 0 saturated carbocycles. The van der Waals surface area contributed by atoms with Gasteiger partial charge in [0, 0.05) is 50.1 Å². The van der Waals surface area contributed by atoms with Crippen molar-refractivity contribution < 1.29 is 9.59 Å². The Labute approximate surface area is 235 Å². The lowest BCUT2D eigenvalue weighted by molar-refractivity contribution is -0.113. The molecule has 3 aromatic rings. The van der Waals surface area contributed by atoms with Gasteiger partial charge < -0.3 is 16.0 Å². The normalized spacial score (nSPS) is 16.6. The first-order valence-electron chi connectivity index (χ1n) is 11.9. The fourth-order valence-electron chi connectivity index (χ4n) is 4.59. The first-order valence-corrected chi connectivity index (χ1v) is 13.7. The van der Waals surface area contributed by atoms with Crippen LogP contribution in [-0.2, 0) is 4.79 Å². The van der Waals surface area contributed by atoms with Crippen LogP contribution in [0.1, 0.15) is 24.0 Å². The van der Waals surface area contributed by atoms with Crippen LogP contribution >= 0.6 is 35.0 Å². The highest BCUT2D eigenvalue weighted by molar-refractivity contribution is 8.15. The first-order chi connectivity index (χ1) is 18.3. The van der Waals surface area contributed by atoms with Gasteiger partial charge in [-0.3, -0.25) is 4.79 Å². The largest absolute Gasteiger partial charge is 0.323 e. The van der Waals surface area contributed by atoms with E-state index in [1.165, 1.54) is 11.8 Å². The fourth-order valence-corrected chi connectivity index (χ4v) is 6.22. The van der Waals surface area contributed by atoms with Crippen molar-refractivity contribution in [2.45, 2.75) is 19.8 Å². The van der Waals surface area contributed by atoms with Crippen LogP contribution in [0, 0.1) is 6.92 Å². The van der Waals surface area contributed by atoms with Crippen molar-refractivity contribution in [3.05, 3.63) is 117 Å². The van der Waals surface area contributed by atoms with E-state index in [0.29, 0.717) is 38.5 Å². The number of rotatable bonds is 5. The summed E-state index contributed by atoms with van der Waals surface area (Å²) < 4.78 is 0. The quantitative estimate of drug-likeness (QED) is 0.300. The minimum absolute atomic E-state index is 0.227. The maximum atomic E-state index is 13.7. The Morgan fingerprint density at radius 3 is 2.29 bits per heavy atom. The van der Waals surface area contributed by atoms with Crippen LogP contribution in [0.4, 0.5) is 16.2 Å². The molecule has 0 spiro atoms. The molecule has 38 heavy (non-hydrogen) atoms. The van der Waals surface area contributed by atoms with Gasteiger partial charge in [-0.05, 0) is 49.2 Å². The van der Waals surface area contributed by atoms with E-state index in [-0.39, 0.29) is 5.91 Å². The number of carbonyl (C=O) groups excluding carboxylic acids is 2.